The summed E-state index contributed by atoms with van der Waals surface area (Å²) in [6, 6.07) is 6.27. The quantitative estimate of drug-likeness (QED) is 0.830. The molecule has 112 valence electrons. The Kier molecular flexibility index (Phi) is 4.93. The van der Waals surface area contributed by atoms with Crippen molar-refractivity contribution in [2.45, 2.75) is 6.42 Å². The Labute approximate surface area is 132 Å². The van der Waals surface area contributed by atoms with E-state index in [0.29, 0.717) is 45.5 Å². The predicted molar refractivity (Wildman–Crippen MR) is 82.8 cm³/mol. The second kappa shape index (κ2) is 6.52. The number of rotatable bonds is 1. The largest absolute Gasteiger partial charge is 0.505 e. The van der Waals surface area contributed by atoms with Gasteiger partial charge in [0.15, 0.2) is 11.6 Å². The van der Waals surface area contributed by atoms with Crippen LogP contribution in [-0.2, 0) is 6.42 Å². The summed E-state index contributed by atoms with van der Waals surface area (Å²) < 4.78 is 19.3. The van der Waals surface area contributed by atoms with Crippen molar-refractivity contribution in [3.05, 3.63) is 45.7 Å². The Morgan fingerprint density at radius 1 is 1.24 bits per heavy atom. The maximum atomic E-state index is 13.8. The van der Waals surface area contributed by atoms with Crippen LogP contribution in [0.2, 0.25) is 10.0 Å². The van der Waals surface area contributed by atoms with Crippen molar-refractivity contribution in [3.63, 3.8) is 0 Å². The molecule has 0 fully saturated rings. The van der Waals surface area contributed by atoms with Crippen molar-refractivity contribution in [1.82, 2.24) is 0 Å². The molecule has 2 aromatic carbocycles. The normalized spacial score (nSPS) is 12.2. The molecule has 0 bridgehead atoms. The number of ether oxygens (including phenoxy) is 1. The third kappa shape index (κ3) is 2.79. The number of fused-ring (bicyclic) bond motifs is 1. The standard InChI is InChI=1S/C14H9Cl2FO2.CH5N/c15-9-2-1-3-10(16)12(9)8-6-11(17)13(18)7-4-5-19-14(7)8;1-2/h1-3,6,18H,4-5H2;2H2,1H3. The number of phenolic OH excluding ortho intramolecular Hbond substituents is 1. The highest BCUT2D eigenvalue weighted by atomic mass is 35.5. The number of hydrogen-bond donors (Lipinski definition) is 2. The smallest absolute Gasteiger partial charge is 0.165 e. The lowest BCUT2D eigenvalue weighted by Gasteiger charge is -2.13. The van der Waals surface area contributed by atoms with Gasteiger partial charge in [0.2, 0.25) is 0 Å². The molecule has 0 saturated carbocycles. The lowest BCUT2D eigenvalue weighted by atomic mass is 10.00. The number of hydrogen-bond acceptors (Lipinski definition) is 3. The average molecular weight is 330 g/mol. The van der Waals surface area contributed by atoms with Gasteiger partial charge >= 0.3 is 0 Å². The summed E-state index contributed by atoms with van der Waals surface area (Å²) in [5, 5.41) is 10.5. The molecule has 0 unspecified atom stereocenters. The molecule has 21 heavy (non-hydrogen) atoms. The monoisotopic (exact) mass is 329 g/mol. The van der Waals surface area contributed by atoms with Crippen LogP contribution in [0.15, 0.2) is 24.3 Å². The van der Waals surface area contributed by atoms with Crippen LogP contribution in [0.4, 0.5) is 4.39 Å². The first kappa shape index (κ1) is 15.9. The molecule has 1 aliphatic rings. The number of halogens is 3. The Hall–Kier alpha value is -1.49. The number of aromatic hydroxyl groups is 1. The minimum atomic E-state index is -0.699. The van der Waals surface area contributed by atoms with Crippen LogP contribution < -0.4 is 10.5 Å². The van der Waals surface area contributed by atoms with E-state index >= 15 is 0 Å². The van der Waals surface area contributed by atoms with Gasteiger partial charge < -0.3 is 15.6 Å². The summed E-state index contributed by atoms with van der Waals surface area (Å²) in [4.78, 5) is 0. The number of nitrogens with two attached hydrogens (primary N) is 1. The highest BCUT2D eigenvalue weighted by Crippen LogP contribution is 2.46. The van der Waals surface area contributed by atoms with E-state index < -0.39 is 5.82 Å². The summed E-state index contributed by atoms with van der Waals surface area (Å²) >= 11 is 12.3. The molecule has 3 rings (SSSR count). The molecule has 1 heterocycles. The second-order valence-corrected chi connectivity index (χ2v) is 5.07. The minimum absolute atomic E-state index is 0.362. The van der Waals surface area contributed by atoms with Crippen molar-refractivity contribution in [2.75, 3.05) is 13.7 Å². The molecule has 0 aromatic heterocycles. The topological polar surface area (TPSA) is 55.5 Å². The van der Waals surface area contributed by atoms with Gasteiger partial charge in [0.05, 0.1) is 16.7 Å². The van der Waals surface area contributed by atoms with Crippen molar-refractivity contribution in [3.8, 4) is 22.6 Å². The van der Waals surface area contributed by atoms with E-state index in [2.05, 4.69) is 5.73 Å². The lowest BCUT2D eigenvalue weighted by molar-refractivity contribution is 0.357. The summed E-state index contributed by atoms with van der Waals surface area (Å²) in [6.07, 6.45) is 0.466. The van der Waals surface area contributed by atoms with Crippen LogP contribution in [0.5, 0.6) is 11.5 Å². The van der Waals surface area contributed by atoms with Gasteiger partial charge in [-0.2, -0.15) is 0 Å². The molecule has 0 aliphatic carbocycles. The van der Waals surface area contributed by atoms with Crippen molar-refractivity contribution < 1.29 is 14.2 Å². The summed E-state index contributed by atoms with van der Waals surface area (Å²) in [6.45, 7) is 0.404. The molecule has 6 heteroatoms. The van der Waals surface area contributed by atoms with Crippen molar-refractivity contribution in [2.24, 2.45) is 5.73 Å². The van der Waals surface area contributed by atoms with E-state index in [0.717, 1.165) is 0 Å². The van der Waals surface area contributed by atoms with Gasteiger partial charge in [-0.15, -0.1) is 0 Å². The molecular formula is C15H14Cl2FNO2. The molecule has 0 amide bonds. The second-order valence-electron chi connectivity index (χ2n) is 4.26. The van der Waals surface area contributed by atoms with Crippen LogP contribution in [0.25, 0.3) is 11.1 Å². The maximum Gasteiger partial charge on any atom is 0.165 e. The predicted octanol–water partition coefficient (Wildman–Crippen LogP) is 4.01. The van der Waals surface area contributed by atoms with Gasteiger partial charge in [-0.25, -0.2) is 4.39 Å². The van der Waals surface area contributed by atoms with Gasteiger partial charge in [-0.05, 0) is 25.2 Å². The van der Waals surface area contributed by atoms with Crippen LogP contribution >= 0.6 is 23.2 Å². The molecule has 3 N–H and O–H groups in total. The zero-order valence-corrected chi connectivity index (χ0v) is 12.8. The third-order valence-corrected chi connectivity index (χ3v) is 3.76. The minimum Gasteiger partial charge on any atom is -0.505 e. The fraction of sp³-hybridized carbons (Fsp3) is 0.200. The average Bonchev–Trinajstić information content (AvgIpc) is 2.96. The van der Waals surface area contributed by atoms with E-state index in [1.54, 1.807) is 18.2 Å². The fourth-order valence-electron chi connectivity index (χ4n) is 2.27. The Bertz CT molecular complexity index is 657. The zero-order valence-electron chi connectivity index (χ0n) is 11.3. The van der Waals surface area contributed by atoms with Gasteiger partial charge in [-0.1, -0.05) is 29.3 Å². The zero-order chi connectivity index (χ0) is 15.6. The van der Waals surface area contributed by atoms with Crippen LogP contribution in [0.1, 0.15) is 5.56 Å². The highest BCUT2D eigenvalue weighted by molar-refractivity contribution is 6.39. The first-order valence-corrected chi connectivity index (χ1v) is 7.04. The van der Waals surface area contributed by atoms with E-state index in [4.69, 9.17) is 27.9 Å². The Morgan fingerprint density at radius 2 is 1.86 bits per heavy atom. The van der Waals surface area contributed by atoms with E-state index in [1.165, 1.54) is 13.1 Å². The Morgan fingerprint density at radius 3 is 2.48 bits per heavy atom. The molecule has 3 nitrogen and oxygen atoms in total. The summed E-state index contributed by atoms with van der Waals surface area (Å²) in [5.74, 6) is -0.608. The van der Waals surface area contributed by atoms with Gasteiger partial charge in [0, 0.05) is 23.1 Å². The third-order valence-electron chi connectivity index (χ3n) is 3.13. The SMILES string of the molecule is CN.Oc1c(F)cc(-c2c(Cl)cccc2Cl)c2c1CCO2. The van der Waals surface area contributed by atoms with Gasteiger partial charge in [0.1, 0.15) is 5.75 Å². The van der Waals surface area contributed by atoms with Gasteiger partial charge in [-0.3, -0.25) is 0 Å². The highest BCUT2D eigenvalue weighted by Gasteiger charge is 2.26. The molecule has 2 aromatic rings. The van der Waals surface area contributed by atoms with Gasteiger partial charge in [0.25, 0.3) is 0 Å². The fourth-order valence-corrected chi connectivity index (χ4v) is 2.87. The van der Waals surface area contributed by atoms with Crippen molar-refractivity contribution >= 4 is 23.2 Å². The molecular weight excluding hydrogens is 316 g/mol. The van der Waals surface area contributed by atoms with Crippen LogP contribution in [0.3, 0.4) is 0 Å². The molecule has 0 spiro atoms. The first-order chi connectivity index (χ1) is 10.1. The summed E-state index contributed by atoms with van der Waals surface area (Å²) in [5.41, 5.74) is 5.95. The van der Waals surface area contributed by atoms with E-state index in [-0.39, 0.29) is 5.75 Å². The van der Waals surface area contributed by atoms with E-state index in [1.807, 2.05) is 0 Å². The van der Waals surface area contributed by atoms with Crippen molar-refractivity contribution in [1.29, 1.82) is 0 Å². The summed E-state index contributed by atoms with van der Waals surface area (Å²) in [7, 11) is 1.50. The molecule has 0 saturated heterocycles. The number of benzene rings is 2. The first-order valence-electron chi connectivity index (χ1n) is 6.29. The molecule has 0 radical (unpaired) electrons. The maximum absolute atomic E-state index is 13.8. The number of phenols is 1. The lowest BCUT2D eigenvalue weighted by Crippen LogP contribution is -1.91. The van der Waals surface area contributed by atoms with Crippen LogP contribution in [0, 0.1) is 5.82 Å². The van der Waals surface area contributed by atoms with E-state index in [9.17, 15) is 9.50 Å². The van der Waals surface area contributed by atoms with Crippen LogP contribution in [-0.4, -0.2) is 18.8 Å². The molecule has 0 atom stereocenters. The molecule has 1 aliphatic heterocycles. The Balaban J connectivity index is 0.000000774.